The van der Waals surface area contributed by atoms with Gasteiger partial charge in [0.25, 0.3) is 5.91 Å². The van der Waals surface area contributed by atoms with Crippen molar-refractivity contribution in [1.29, 1.82) is 0 Å². The largest absolute Gasteiger partial charge is 0.338 e. The number of Topliss-reactive ketones (excluding diaryl/α,β-unsaturated/α-hetero) is 1. The molecule has 1 atom stereocenters. The highest BCUT2D eigenvalue weighted by molar-refractivity contribution is 7.82. The van der Waals surface area contributed by atoms with Crippen molar-refractivity contribution >= 4 is 52.0 Å². The van der Waals surface area contributed by atoms with Crippen molar-refractivity contribution < 1.29 is 9.59 Å². The van der Waals surface area contributed by atoms with Gasteiger partial charge in [-0.2, -0.15) is 0 Å². The molecule has 1 aromatic carbocycles. The van der Waals surface area contributed by atoms with Crippen LogP contribution in [0.4, 0.5) is 0 Å². The molecule has 3 nitrogen and oxygen atoms in total. The highest BCUT2D eigenvalue weighted by Gasteiger charge is 2.24. The van der Waals surface area contributed by atoms with Crippen LogP contribution in [0.25, 0.3) is 0 Å². The van der Waals surface area contributed by atoms with Gasteiger partial charge in [-0.25, -0.2) is 0 Å². The first-order valence-electron chi connectivity index (χ1n) is 5.48. The molecule has 1 unspecified atom stereocenters. The minimum Gasteiger partial charge on any atom is -0.338 e. The highest BCUT2D eigenvalue weighted by Crippen LogP contribution is 2.22. The number of carbonyl (C=O) groups excluding carboxylic acids is 2. The Kier molecular flexibility index (Phi) is 4.34. The van der Waals surface area contributed by atoms with E-state index in [4.69, 9.17) is 35.4 Å². The molecule has 6 heteroatoms. The number of ketones is 1. The van der Waals surface area contributed by atoms with Gasteiger partial charge in [-0.15, -0.1) is 0 Å². The normalized spacial score (nSPS) is 18.5. The number of allylic oxidation sites excluding steroid dienone is 1. The average Bonchev–Trinajstić information content (AvgIpc) is 2.38. The molecule has 1 N–H and O–H groups in total. The van der Waals surface area contributed by atoms with Crippen LogP contribution >= 0.6 is 35.4 Å². The van der Waals surface area contributed by atoms with Crippen molar-refractivity contribution in [2.45, 2.75) is 12.5 Å². The van der Waals surface area contributed by atoms with Gasteiger partial charge in [0.15, 0.2) is 5.78 Å². The van der Waals surface area contributed by atoms with E-state index < -0.39 is 11.9 Å². The molecule has 1 amide bonds. The molecule has 0 saturated heterocycles. The van der Waals surface area contributed by atoms with Crippen LogP contribution in [0.3, 0.4) is 0 Å². The molecule has 19 heavy (non-hydrogen) atoms. The molecule has 0 bridgehead atoms. The second-order valence-corrected chi connectivity index (χ2v) is 5.31. The van der Waals surface area contributed by atoms with E-state index in [1.165, 1.54) is 12.1 Å². The van der Waals surface area contributed by atoms with Gasteiger partial charge < -0.3 is 5.32 Å². The summed E-state index contributed by atoms with van der Waals surface area (Å²) in [6, 6.07) is 3.82. The predicted molar refractivity (Wildman–Crippen MR) is 79.1 cm³/mol. The Labute approximate surface area is 125 Å². The summed E-state index contributed by atoms with van der Waals surface area (Å²) in [4.78, 5) is 24.1. The summed E-state index contributed by atoms with van der Waals surface area (Å²) in [7, 11) is 0. The number of carbonyl (C=O) groups is 2. The van der Waals surface area contributed by atoms with E-state index in [9.17, 15) is 9.59 Å². The molecule has 0 fully saturated rings. The molecular weight excluding hydrogens is 305 g/mol. The average molecular weight is 314 g/mol. The Balaban J connectivity index is 2.15. The highest BCUT2D eigenvalue weighted by atomic mass is 35.5. The molecule has 98 valence electrons. The summed E-state index contributed by atoms with van der Waals surface area (Å²) in [5.74, 6) is -0.642. The molecule has 0 aromatic heterocycles. The lowest BCUT2D eigenvalue weighted by Gasteiger charge is -2.17. The minimum atomic E-state index is -0.705. The number of thiocarbonyl (C=S) groups is 1. The third-order valence-electron chi connectivity index (χ3n) is 2.66. The fourth-order valence-electron chi connectivity index (χ4n) is 1.65. The Morgan fingerprint density at radius 2 is 2.05 bits per heavy atom. The van der Waals surface area contributed by atoms with Gasteiger partial charge >= 0.3 is 0 Å². The molecule has 0 radical (unpaired) electrons. The molecule has 0 spiro atoms. The predicted octanol–water partition coefficient (Wildman–Crippen LogP) is 2.99. The first-order chi connectivity index (χ1) is 8.99. The van der Waals surface area contributed by atoms with E-state index in [0.717, 1.165) is 0 Å². The van der Waals surface area contributed by atoms with Gasteiger partial charge in [0.05, 0.1) is 14.9 Å². The topological polar surface area (TPSA) is 46.2 Å². The van der Waals surface area contributed by atoms with E-state index >= 15 is 0 Å². The number of nitrogens with one attached hydrogen (secondary N) is 1. The molecule has 1 aliphatic carbocycles. The van der Waals surface area contributed by atoms with E-state index in [0.29, 0.717) is 21.9 Å². The molecule has 0 aliphatic heterocycles. The minimum absolute atomic E-state index is 0.245. The number of halogens is 2. The fourth-order valence-corrected chi connectivity index (χ4v) is 2.17. The van der Waals surface area contributed by atoms with Gasteiger partial charge in [0.1, 0.15) is 6.04 Å². The number of rotatable bonds is 2. The zero-order chi connectivity index (χ0) is 14.0. The Bertz CT molecular complexity index is 598. The Morgan fingerprint density at radius 1 is 1.32 bits per heavy atom. The van der Waals surface area contributed by atoms with Crippen LogP contribution in [0.2, 0.25) is 10.0 Å². The summed E-state index contributed by atoms with van der Waals surface area (Å²) in [6.45, 7) is 0. The smallest absolute Gasteiger partial charge is 0.252 e. The lowest BCUT2D eigenvalue weighted by molar-refractivity contribution is -0.113. The molecule has 1 aliphatic rings. The van der Waals surface area contributed by atoms with Gasteiger partial charge in [-0.05, 0) is 18.2 Å². The SMILES string of the molecule is O=C(NC1C=CCC(=S)C1=O)c1ccc(Cl)c(Cl)c1. The monoisotopic (exact) mass is 313 g/mol. The summed E-state index contributed by atoms with van der Waals surface area (Å²) < 4.78 is 0. The van der Waals surface area contributed by atoms with Gasteiger partial charge in [0, 0.05) is 12.0 Å². The van der Waals surface area contributed by atoms with E-state index in [2.05, 4.69) is 5.32 Å². The van der Waals surface area contributed by atoms with Crippen molar-refractivity contribution in [2.24, 2.45) is 0 Å². The molecule has 1 aromatic rings. The summed E-state index contributed by atoms with van der Waals surface area (Å²) in [5, 5.41) is 3.25. The number of hydrogen-bond acceptors (Lipinski definition) is 3. The second kappa shape index (κ2) is 5.82. The quantitative estimate of drug-likeness (QED) is 0.674. The van der Waals surface area contributed by atoms with Gasteiger partial charge in [-0.3, -0.25) is 9.59 Å². The van der Waals surface area contributed by atoms with Crippen molar-refractivity contribution in [2.75, 3.05) is 0 Å². The number of benzene rings is 1. The van der Waals surface area contributed by atoms with Crippen LogP contribution in [-0.2, 0) is 4.79 Å². The molecule has 2 rings (SSSR count). The number of amides is 1. The van der Waals surface area contributed by atoms with Crippen LogP contribution in [0.15, 0.2) is 30.4 Å². The molecular formula is C13H9Cl2NO2S. The van der Waals surface area contributed by atoms with E-state index in [1.54, 1.807) is 18.2 Å². The molecule has 0 saturated carbocycles. The first-order valence-corrected chi connectivity index (χ1v) is 6.65. The fraction of sp³-hybridized carbons (Fsp3) is 0.154. The van der Waals surface area contributed by atoms with Crippen molar-refractivity contribution in [3.05, 3.63) is 46.0 Å². The van der Waals surface area contributed by atoms with Crippen LogP contribution in [0, 0.1) is 0 Å². The van der Waals surface area contributed by atoms with Crippen LogP contribution in [0.1, 0.15) is 16.8 Å². The molecule has 0 heterocycles. The Hall–Kier alpha value is -1.23. The number of hydrogen-bond donors (Lipinski definition) is 1. The zero-order valence-electron chi connectivity index (χ0n) is 9.65. The standard InChI is InChI=1S/C13H9Cl2NO2S/c14-8-5-4-7(6-9(8)15)13(18)16-10-2-1-3-11(19)12(10)17/h1-2,4-6,10H,3H2,(H,16,18). The van der Waals surface area contributed by atoms with Gasteiger partial charge in [-0.1, -0.05) is 47.6 Å². The lowest BCUT2D eigenvalue weighted by Crippen LogP contribution is -2.43. The zero-order valence-corrected chi connectivity index (χ0v) is 12.0. The maximum Gasteiger partial charge on any atom is 0.252 e. The van der Waals surface area contributed by atoms with Gasteiger partial charge in [0.2, 0.25) is 0 Å². The third-order valence-corrected chi connectivity index (χ3v) is 3.76. The van der Waals surface area contributed by atoms with Crippen LogP contribution in [0.5, 0.6) is 0 Å². The summed E-state index contributed by atoms with van der Waals surface area (Å²) in [5.41, 5.74) is 0.340. The third kappa shape index (κ3) is 3.21. The maximum atomic E-state index is 12.0. The lowest BCUT2D eigenvalue weighted by atomic mass is 10.0. The van der Waals surface area contributed by atoms with E-state index in [1.807, 2.05) is 0 Å². The van der Waals surface area contributed by atoms with Crippen LogP contribution < -0.4 is 5.32 Å². The van der Waals surface area contributed by atoms with E-state index in [-0.39, 0.29) is 10.8 Å². The van der Waals surface area contributed by atoms with Crippen molar-refractivity contribution in [3.8, 4) is 0 Å². The summed E-state index contributed by atoms with van der Waals surface area (Å²) in [6.07, 6.45) is 3.85. The Morgan fingerprint density at radius 3 is 2.74 bits per heavy atom. The van der Waals surface area contributed by atoms with Crippen molar-refractivity contribution in [3.63, 3.8) is 0 Å². The summed E-state index contributed by atoms with van der Waals surface area (Å²) >= 11 is 16.5. The van der Waals surface area contributed by atoms with Crippen molar-refractivity contribution in [1.82, 2.24) is 5.32 Å². The second-order valence-electron chi connectivity index (χ2n) is 4.00. The maximum absolute atomic E-state index is 12.0. The van der Waals surface area contributed by atoms with Crippen LogP contribution in [-0.4, -0.2) is 22.6 Å². The first kappa shape index (κ1) is 14.2.